The van der Waals surface area contributed by atoms with Crippen LogP contribution in [0.4, 0.5) is 4.39 Å². The highest BCUT2D eigenvalue weighted by Crippen LogP contribution is 2.39. The van der Waals surface area contributed by atoms with Crippen molar-refractivity contribution in [1.82, 2.24) is 5.32 Å². The minimum atomic E-state index is -0.702. The van der Waals surface area contributed by atoms with Gasteiger partial charge in [0.15, 0.2) is 0 Å². The molecule has 2 fully saturated rings. The zero-order valence-electron chi connectivity index (χ0n) is 20.6. The summed E-state index contributed by atoms with van der Waals surface area (Å²) in [6.07, 6.45) is 6.80. The Hall–Kier alpha value is -2.40. The Morgan fingerprint density at radius 1 is 1.06 bits per heavy atom. The molecule has 0 spiro atoms. The molecule has 4 rings (SSSR count). The Morgan fingerprint density at radius 2 is 1.82 bits per heavy atom. The molecule has 0 aliphatic heterocycles. The maximum Gasteiger partial charge on any atom is 0.306 e. The quantitative estimate of drug-likeness (QED) is 0.469. The minimum absolute atomic E-state index is 0.162. The molecule has 2 saturated carbocycles. The van der Waals surface area contributed by atoms with Gasteiger partial charge >= 0.3 is 5.97 Å². The van der Waals surface area contributed by atoms with Crippen LogP contribution in [0.15, 0.2) is 42.5 Å². The highest BCUT2D eigenvalue weighted by Gasteiger charge is 2.31. The average Bonchev–Trinajstić information content (AvgIpc) is 3.27. The first-order chi connectivity index (χ1) is 16.2. The lowest BCUT2D eigenvalue weighted by Gasteiger charge is -2.36. The van der Waals surface area contributed by atoms with Crippen LogP contribution in [0.3, 0.4) is 0 Å². The molecule has 2 aliphatic rings. The third-order valence-corrected chi connectivity index (χ3v) is 7.76. The second-order valence-corrected chi connectivity index (χ2v) is 11.2. The van der Waals surface area contributed by atoms with Gasteiger partial charge in [0.05, 0.1) is 12.0 Å². The van der Waals surface area contributed by atoms with Crippen molar-refractivity contribution in [3.05, 3.63) is 53.8 Å². The SMILES string of the molecule is CC(C)(C)C1CCC(Oc2ccc(-c3cccc(CNC4CCC(C(=O)O)C4)c3)c(F)c2)CC1. The maximum absolute atomic E-state index is 15.0. The molecule has 4 nitrogen and oxygen atoms in total. The summed E-state index contributed by atoms with van der Waals surface area (Å²) in [5.41, 5.74) is 2.80. The van der Waals surface area contributed by atoms with Gasteiger partial charge in [-0.2, -0.15) is 0 Å². The number of aliphatic carboxylic acids is 1. The van der Waals surface area contributed by atoms with Gasteiger partial charge in [0, 0.05) is 24.2 Å². The van der Waals surface area contributed by atoms with Crippen molar-refractivity contribution >= 4 is 5.97 Å². The van der Waals surface area contributed by atoms with Crippen molar-refractivity contribution in [2.45, 2.75) is 84.4 Å². The Morgan fingerprint density at radius 3 is 2.47 bits per heavy atom. The first kappa shape index (κ1) is 24.7. The van der Waals surface area contributed by atoms with E-state index in [4.69, 9.17) is 4.74 Å². The standard InChI is InChI=1S/C29H38FNO3/c1-29(2,3)22-8-11-24(12-9-22)34-25-13-14-26(27(30)17-25)20-6-4-5-19(15-20)18-31-23-10-7-21(16-23)28(32)33/h4-6,13-15,17,21-24,31H,7-12,16,18H2,1-3H3,(H,32,33). The summed E-state index contributed by atoms with van der Waals surface area (Å²) < 4.78 is 21.2. The van der Waals surface area contributed by atoms with Gasteiger partial charge in [-0.05, 0) is 85.6 Å². The number of rotatable bonds is 7. The minimum Gasteiger partial charge on any atom is -0.490 e. The molecule has 2 unspecified atom stereocenters. The molecular formula is C29H38FNO3. The molecule has 0 radical (unpaired) electrons. The van der Waals surface area contributed by atoms with E-state index >= 15 is 4.39 Å². The van der Waals surface area contributed by atoms with Crippen molar-refractivity contribution < 1.29 is 19.0 Å². The smallest absolute Gasteiger partial charge is 0.306 e. The van der Waals surface area contributed by atoms with E-state index in [1.165, 1.54) is 6.07 Å². The molecule has 0 heterocycles. The van der Waals surface area contributed by atoms with E-state index in [0.29, 0.717) is 29.7 Å². The van der Waals surface area contributed by atoms with Crippen LogP contribution < -0.4 is 10.1 Å². The number of halogens is 1. The summed E-state index contributed by atoms with van der Waals surface area (Å²) in [5, 5.41) is 12.6. The summed E-state index contributed by atoms with van der Waals surface area (Å²) >= 11 is 0. The average molecular weight is 468 g/mol. The van der Waals surface area contributed by atoms with E-state index in [9.17, 15) is 9.90 Å². The Kier molecular flexibility index (Phi) is 7.61. The fraction of sp³-hybridized carbons (Fsp3) is 0.552. The highest BCUT2D eigenvalue weighted by atomic mass is 19.1. The number of carbonyl (C=O) groups is 1. The lowest BCUT2D eigenvalue weighted by molar-refractivity contribution is -0.141. The molecule has 2 aliphatic carbocycles. The summed E-state index contributed by atoms with van der Waals surface area (Å²) in [5.74, 6) is 0.109. The van der Waals surface area contributed by atoms with Gasteiger partial charge in [-0.15, -0.1) is 0 Å². The lowest BCUT2D eigenvalue weighted by Crippen LogP contribution is -2.30. The van der Waals surface area contributed by atoms with Crippen molar-refractivity contribution in [2.75, 3.05) is 0 Å². The second-order valence-electron chi connectivity index (χ2n) is 11.2. The topological polar surface area (TPSA) is 58.6 Å². The number of hydrogen-bond donors (Lipinski definition) is 2. The van der Waals surface area contributed by atoms with Crippen molar-refractivity contribution in [3.63, 3.8) is 0 Å². The molecule has 0 aromatic heterocycles. The fourth-order valence-corrected chi connectivity index (χ4v) is 5.54. The van der Waals surface area contributed by atoms with Gasteiger partial charge in [-0.25, -0.2) is 4.39 Å². The molecule has 2 aromatic carbocycles. The summed E-state index contributed by atoms with van der Waals surface area (Å²) in [6, 6.07) is 13.3. The number of hydrogen-bond acceptors (Lipinski definition) is 3. The highest BCUT2D eigenvalue weighted by molar-refractivity contribution is 5.70. The summed E-state index contributed by atoms with van der Waals surface area (Å²) in [7, 11) is 0. The second kappa shape index (κ2) is 10.5. The molecule has 0 amide bonds. The first-order valence-electron chi connectivity index (χ1n) is 12.7. The Labute approximate surface area is 202 Å². The number of carboxylic acid groups (broad SMARTS) is 1. The van der Waals surface area contributed by atoms with E-state index in [1.807, 2.05) is 36.4 Å². The largest absolute Gasteiger partial charge is 0.490 e. The molecular weight excluding hydrogens is 429 g/mol. The van der Waals surface area contributed by atoms with Crippen molar-refractivity contribution in [3.8, 4) is 16.9 Å². The van der Waals surface area contributed by atoms with Crippen LogP contribution in [-0.2, 0) is 11.3 Å². The van der Waals surface area contributed by atoms with Gasteiger partial charge in [0.1, 0.15) is 11.6 Å². The summed E-state index contributed by atoms with van der Waals surface area (Å²) in [4.78, 5) is 11.2. The number of benzene rings is 2. The zero-order chi connectivity index (χ0) is 24.3. The number of carboxylic acids is 1. The van der Waals surface area contributed by atoms with Crippen molar-refractivity contribution in [1.29, 1.82) is 0 Å². The Balaban J connectivity index is 1.34. The van der Waals surface area contributed by atoms with E-state index < -0.39 is 5.97 Å². The van der Waals surface area contributed by atoms with Crippen LogP contribution in [0.1, 0.15) is 71.3 Å². The van der Waals surface area contributed by atoms with Crippen LogP contribution >= 0.6 is 0 Å². The van der Waals surface area contributed by atoms with Crippen LogP contribution in [0, 0.1) is 23.1 Å². The molecule has 0 saturated heterocycles. The predicted molar refractivity (Wildman–Crippen MR) is 133 cm³/mol. The third-order valence-electron chi connectivity index (χ3n) is 7.76. The molecule has 0 bridgehead atoms. The molecule has 5 heteroatoms. The maximum atomic E-state index is 15.0. The van der Waals surface area contributed by atoms with Gasteiger partial charge in [0.2, 0.25) is 0 Å². The van der Waals surface area contributed by atoms with Crippen LogP contribution in [-0.4, -0.2) is 23.2 Å². The monoisotopic (exact) mass is 467 g/mol. The van der Waals surface area contributed by atoms with E-state index in [0.717, 1.165) is 55.6 Å². The van der Waals surface area contributed by atoms with Crippen LogP contribution in [0.2, 0.25) is 0 Å². The number of ether oxygens (including phenoxy) is 1. The fourth-order valence-electron chi connectivity index (χ4n) is 5.54. The van der Waals surface area contributed by atoms with Gasteiger partial charge in [-0.3, -0.25) is 4.79 Å². The van der Waals surface area contributed by atoms with Crippen LogP contribution in [0.25, 0.3) is 11.1 Å². The third kappa shape index (κ3) is 6.18. The molecule has 184 valence electrons. The molecule has 2 N–H and O–H groups in total. The number of nitrogens with one attached hydrogen (secondary N) is 1. The van der Waals surface area contributed by atoms with E-state index in [-0.39, 0.29) is 23.9 Å². The lowest BCUT2D eigenvalue weighted by atomic mass is 9.72. The zero-order valence-corrected chi connectivity index (χ0v) is 20.6. The molecule has 2 aromatic rings. The first-order valence-corrected chi connectivity index (χ1v) is 12.7. The molecule has 2 atom stereocenters. The summed E-state index contributed by atoms with van der Waals surface area (Å²) in [6.45, 7) is 7.56. The normalized spacial score (nSPS) is 25.3. The van der Waals surface area contributed by atoms with Gasteiger partial charge < -0.3 is 15.2 Å². The predicted octanol–water partition coefficient (Wildman–Crippen LogP) is 6.82. The van der Waals surface area contributed by atoms with E-state index in [2.05, 4.69) is 26.1 Å². The van der Waals surface area contributed by atoms with Gasteiger partial charge in [-0.1, -0.05) is 39.0 Å². The van der Waals surface area contributed by atoms with E-state index in [1.54, 1.807) is 0 Å². The van der Waals surface area contributed by atoms with Crippen molar-refractivity contribution in [2.24, 2.45) is 17.3 Å². The Bertz CT molecular complexity index is 991. The van der Waals surface area contributed by atoms with Crippen LogP contribution in [0.5, 0.6) is 5.75 Å². The van der Waals surface area contributed by atoms with Gasteiger partial charge in [0.25, 0.3) is 0 Å². The molecule has 34 heavy (non-hydrogen) atoms.